The Kier molecular flexibility index (Phi) is 6.61. The molecule has 37 heavy (non-hydrogen) atoms. The van der Waals surface area contributed by atoms with Crippen molar-refractivity contribution in [1.82, 2.24) is 5.32 Å². The highest BCUT2D eigenvalue weighted by Gasteiger charge is 2.42. The number of hydrogen-bond acceptors (Lipinski definition) is 8. The molecule has 0 aromatic heterocycles. The third-order valence-corrected chi connectivity index (χ3v) is 7.60. The number of carbonyl (C=O) groups is 2. The van der Waals surface area contributed by atoms with Gasteiger partial charge in [0.05, 0.1) is 35.5 Å². The van der Waals surface area contributed by atoms with Gasteiger partial charge >= 0.3 is 0 Å². The van der Waals surface area contributed by atoms with Crippen LogP contribution >= 0.6 is 11.8 Å². The molecule has 1 unspecified atom stereocenters. The van der Waals surface area contributed by atoms with Gasteiger partial charge in [0.25, 0.3) is 0 Å². The molecule has 1 aliphatic carbocycles. The number of methoxy groups -OCH3 is 1. The van der Waals surface area contributed by atoms with Gasteiger partial charge in [0, 0.05) is 29.4 Å². The SMILES string of the molecule is COc1ccc(C2C(C#N)=C(SCC(=O)Nc3ccc4c(c3)OCO4)NC3=C2C(=O)CC(C)(C)C3)cc1. The van der Waals surface area contributed by atoms with E-state index in [0.717, 1.165) is 11.3 Å². The topological polar surface area (TPSA) is 110 Å². The lowest BCUT2D eigenvalue weighted by Gasteiger charge is -2.39. The van der Waals surface area contributed by atoms with Crippen LogP contribution in [-0.2, 0) is 9.59 Å². The van der Waals surface area contributed by atoms with E-state index in [-0.39, 0.29) is 29.7 Å². The van der Waals surface area contributed by atoms with Gasteiger partial charge in [-0.1, -0.05) is 37.7 Å². The van der Waals surface area contributed by atoms with E-state index in [0.29, 0.717) is 52.0 Å². The molecule has 190 valence electrons. The average molecular weight is 518 g/mol. The largest absolute Gasteiger partial charge is 0.497 e. The van der Waals surface area contributed by atoms with Crippen LogP contribution in [0.5, 0.6) is 17.2 Å². The molecule has 2 aromatic carbocycles. The summed E-state index contributed by atoms with van der Waals surface area (Å²) in [6, 6.07) is 15.0. The number of benzene rings is 2. The number of ether oxygens (including phenoxy) is 3. The second kappa shape index (κ2) is 9.87. The number of nitrogens with zero attached hydrogens (tertiary/aromatic N) is 1. The lowest BCUT2D eigenvalue weighted by Crippen LogP contribution is -2.37. The van der Waals surface area contributed by atoms with Crippen LogP contribution in [0.4, 0.5) is 5.69 Å². The molecule has 1 amide bonds. The molecule has 2 aromatic rings. The van der Waals surface area contributed by atoms with E-state index in [9.17, 15) is 14.9 Å². The van der Waals surface area contributed by atoms with Gasteiger partial charge in [-0.3, -0.25) is 9.59 Å². The minimum absolute atomic E-state index is 0.0388. The second-order valence-corrected chi connectivity index (χ2v) is 10.9. The van der Waals surface area contributed by atoms with Crippen LogP contribution in [0.1, 0.15) is 38.2 Å². The Balaban J connectivity index is 1.41. The Labute approximate surface area is 219 Å². The van der Waals surface area contributed by atoms with E-state index in [2.05, 4.69) is 30.6 Å². The van der Waals surface area contributed by atoms with Crippen molar-refractivity contribution in [1.29, 1.82) is 5.26 Å². The maximum absolute atomic E-state index is 13.3. The minimum Gasteiger partial charge on any atom is -0.497 e. The van der Waals surface area contributed by atoms with E-state index < -0.39 is 5.92 Å². The Morgan fingerprint density at radius 2 is 1.95 bits per heavy atom. The maximum Gasteiger partial charge on any atom is 0.234 e. The summed E-state index contributed by atoms with van der Waals surface area (Å²) >= 11 is 1.25. The molecule has 2 heterocycles. The molecule has 8 nitrogen and oxygen atoms in total. The monoisotopic (exact) mass is 517 g/mol. The van der Waals surface area contributed by atoms with Crippen molar-refractivity contribution in [3.8, 4) is 23.3 Å². The summed E-state index contributed by atoms with van der Waals surface area (Å²) in [5, 5.41) is 17.0. The van der Waals surface area contributed by atoms with Crippen LogP contribution in [0.15, 0.2) is 64.3 Å². The number of thioether (sulfide) groups is 1. The molecular formula is C28H27N3O5S. The minimum atomic E-state index is -0.504. The molecule has 2 N–H and O–H groups in total. The molecule has 0 radical (unpaired) electrons. The van der Waals surface area contributed by atoms with E-state index in [1.54, 1.807) is 25.3 Å². The number of dihydropyridines is 1. The number of carbonyl (C=O) groups excluding carboxylic acids is 2. The zero-order valence-electron chi connectivity index (χ0n) is 20.8. The van der Waals surface area contributed by atoms with Crippen molar-refractivity contribution < 1.29 is 23.8 Å². The highest BCUT2D eigenvalue weighted by atomic mass is 32.2. The van der Waals surface area contributed by atoms with Crippen LogP contribution in [0.2, 0.25) is 0 Å². The Morgan fingerprint density at radius 1 is 1.19 bits per heavy atom. The van der Waals surface area contributed by atoms with Gasteiger partial charge in [0.15, 0.2) is 17.3 Å². The summed E-state index contributed by atoms with van der Waals surface area (Å²) in [6.45, 7) is 4.29. The molecule has 0 saturated heterocycles. The first kappa shape index (κ1) is 24.8. The number of nitriles is 1. The van der Waals surface area contributed by atoms with E-state index >= 15 is 0 Å². The van der Waals surface area contributed by atoms with E-state index in [1.165, 1.54) is 11.8 Å². The van der Waals surface area contributed by atoms with Crippen molar-refractivity contribution in [2.45, 2.75) is 32.6 Å². The van der Waals surface area contributed by atoms with Crippen molar-refractivity contribution in [3.05, 3.63) is 69.9 Å². The fourth-order valence-corrected chi connectivity index (χ4v) is 5.79. The van der Waals surface area contributed by atoms with Gasteiger partial charge in [0.2, 0.25) is 12.7 Å². The Bertz CT molecular complexity index is 1370. The standard InChI is InChI=1S/C28H27N3O5S/c1-28(2)11-20-26(21(32)12-28)25(16-4-7-18(34-3)8-5-16)19(13-29)27(31-20)37-14-24(33)30-17-6-9-22-23(10-17)36-15-35-22/h4-10,25,31H,11-12,14-15H2,1-3H3,(H,30,33). The van der Waals surface area contributed by atoms with Crippen LogP contribution in [0.3, 0.4) is 0 Å². The Morgan fingerprint density at radius 3 is 2.68 bits per heavy atom. The van der Waals surface area contributed by atoms with Gasteiger partial charge in [-0.25, -0.2) is 0 Å². The first-order valence-electron chi connectivity index (χ1n) is 11.9. The number of allylic oxidation sites excluding steroid dienone is 3. The van der Waals surface area contributed by atoms with Gasteiger partial charge in [-0.15, -0.1) is 0 Å². The lowest BCUT2D eigenvalue weighted by molar-refractivity contribution is -0.118. The van der Waals surface area contributed by atoms with E-state index in [4.69, 9.17) is 14.2 Å². The second-order valence-electron chi connectivity index (χ2n) is 9.92. The number of ketones is 1. The first-order valence-corrected chi connectivity index (χ1v) is 12.9. The van der Waals surface area contributed by atoms with Gasteiger partial charge in [0.1, 0.15) is 5.75 Å². The van der Waals surface area contributed by atoms with Crippen molar-refractivity contribution in [2.75, 3.05) is 25.0 Å². The smallest absolute Gasteiger partial charge is 0.234 e. The summed E-state index contributed by atoms with van der Waals surface area (Å²) < 4.78 is 16.0. The maximum atomic E-state index is 13.3. The molecule has 0 spiro atoms. The Hall–Kier alpha value is -3.90. The molecule has 2 aliphatic heterocycles. The number of anilines is 1. The molecule has 0 bridgehead atoms. The predicted molar refractivity (Wildman–Crippen MR) is 140 cm³/mol. The lowest BCUT2D eigenvalue weighted by atomic mass is 9.69. The summed E-state index contributed by atoms with van der Waals surface area (Å²) in [5.74, 6) is 1.31. The molecular weight excluding hydrogens is 490 g/mol. The summed E-state index contributed by atoms with van der Waals surface area (Å²) in [5.41, 5.74) is 3.11. The van der Waals surface area contributed by atoms with Crippen molar-refractivity contribution >= 4 is 29.1 Å². The van der Waals surface area contributed by atoms with Crippen LogP contribution < -0.4 is 24.8 Å². The van der Waals surface area contributed by atoms with Crippen LogP contribution in [0, 0.1) is 16.7 Å². The molecule has 0 fully saturated rings. The highest BCUT2D eigenvalue weighted by molar-refractivity contribution is 8.03. The number of nitrogens with one attached hydrogen (secondary N) is 2. The molecule has 0 saturated carbocycles. The third kappa shape index (κ3) is 5.02. The van der Waals surface area contributed by atoms with Crippen LogP contribution in [0.25, 0.3) is 0 Å². The average Bonchev–Trinajstić information content (AvgIpc) is 3.34. The quantitative estimate of drug-likeness (QED) is 0.559. The van der Waals surface area contributed by atoms with Gasteiger partial charge in [-0.05, 0) is 41.7 Å². The molecule has 3 aliphatic rings. The number of hydrogen-bond donors (Lipinski definition) is 2. The fourth-order valence-electron chi connectivity index (χ4n) is 4.93. The van der Waals surface area contributed by atoms with Crippen LogP contribution in [-0.4, -0.2) is 31.3 Å². The number of Topliss-reactive ketones (excluding diaryl/α,β-unsaturated/α-hetero) is 1. The fraction of sp³-hybridized carbons (Fsp3) is 0.321. The molecule has 5 rings (SSSR count). The predicted octanol–water partition coefficient (Wildman–Crippen LogP) is 4.86. The number of fused-ring (bicyclic) bond motifs is 1. The zero-order chi connectivity index (χ0) is 26.2. The van der Waals surface area contributed by atoms with E-state index in [1.807, 2.05) is 24.3 Å². The third-order valence-electron chi connectivity index (χ3n) is 6.58. The molecule has 1 atom stereocenters. The summed E-state index contributed by atoms with van der Waals surface area (Å²) in [6.07, 6.45) is 1.09. The van der Waals surface area contributed by atoms with Crippen molar-refractivity contribution in [3.63, 3.8) is 0 Å². The number of rotatable bonds is 6. The number of amides is 1. The molecule has 9 heteroatoms. The first-order chi connectivity index (χ1) is 17.8. The highest BCUT2D eigenvalue weighted by Crippen LogP contribution is 2.48. The van der Waals surface area contributed by atoms with Crippen molar-refractivity contribution in [2.24, 2.45) is 5.41 Å². The summed E-state index contributed by atoms with van der Waals surface area (Å²) in [4.78, 5) is 26.1. The zero-order valence-corrected chi connectivity index (χ0v) is 21.7. The normalized spacial score (nSPS) is 19.6. The van der Waals surface area contributed by atoms with Gasteiger partial charge in [-0.2, -0.15) is 5.26 Å². The summed E-state index contributed by atoms with van der Waals surface area (Å²) in [7, 11) is 1.59. The van der Waals surface area contributed by atoms with Gasteiger partial charge < -0.3 is 24.8 Å².